The SMILES string of the molecule is O=C(O)c1ccc(C(F)(F)F)nc1Nc1ccc(Br)cc1. The Morgan fingerprint density at radius 1 is 1.14 bits per heavy atom. The number of anilines is 2. The molecule has 2 N–H and O–H groups in total. The molecule has 0 radical (unpaired) electrons. The number of alkyl halides is 3. The van der Waals surface area contributed by atoms with Gasteiger partial charge in [0.2, 0.25) is 0 Å². The van der Waals surface area contributed by atoms with E-state index >= 15 is 0 Å². The van der Waals surface area contributed by atoms with Crippen LogP contribution in [0.2, 0.25) is 0 Å². The second-order valence-corrected chi connectivity index (χ2v) is 4.94. The molecule has 21 heavy (non-hydrogen) atoms. The monoisotopic (exact) mass is 360 g/mol. The topological polar surface area (TPSA) is 62.2 Å². The van der Waals surface area contributed by atoms with Crippen LogP contribution < -0.4 is 5.32 Å². The molecular weight excluding hydrogens is 353 g/mol. The molecular formula is C13H8BrF3N2O2. The van der Waals surface area contributed by atoms with Gasteiger partial charge in [-0.1, -0.05) is 15.9 Å². The van der Waals surface area contributed by atoms with Gasteiger partial charge in [-0.05, 0) is 36.4 Å². The van der Waals surface area contributed by atoms with E-state index in [9.17, 15) is 18.0 Å². The van der Waals surface area contributed by atoms with Crippen molar-refractivity contribution in [2.45, 2.75) is 6.18 Å². The summed E-state index contributed by atoms with van der Waals surface area (Å²) in [4.78, 5) is 14.4. The Morgan fingerprint density at radius 2 is 1.76 bits per heavy atom. The molecule has 110 valence electrons. The summed E-state index contributed by atoms with van der Waals surface area (Å²) in [5, 5.41) is 11.6. The van der Waals surface area contributed by atoms with E-state index < -0.39 is 17.8 Å². The van der Waals surface area contributed by atoms with Gasteiger partial charge in [-0.25, -0.2) is 9.78 Å². The number of pyridine rings is 1. The average Bonchev–Trinajstić information content (AvgIpc) is 2.40. The Labute approximate surface area is 125 Å². The van der Waals surface area contributed by atoms with Crippen LogP contribution in [0, 0.1) is 0 Å². The highest BCUT2D eigenvalue weighted by Crippen LogP contribution is 2.30. The maximum atomic E-state index is 12.6. The highest BCUT2D eigenvalue weighted by Gasteiger charge is 2.33. The second-order valence-electron chi connectivity index (χ2n) is 4.03. The summed E-state index contributed by atoms with van der Waals surface area (Å²) in [6.07, 6.45) is -4.65. The fourth-order valence-electron chi connectivity index (χ4n) is 1.55. The third kappa shape index (κ3) is 3.72. The van der Waals surface area contributed by atoms with Crippen molar-refractivity contribution in [3.8, 4) is 0 Å². The van der Waals surface area contributed by atoms with Crippen LogP contribution in [0.1, 0.15) is 16.1 Å². The quantitative estimate of drug-likeness (QED) is 0.856. The first-order valence-corrected chi connectivity index (χ1v) is 6.41. The van der Waals surface area contributed by atoms with Crippen LogP contribution in [0.15, 0.2) is 40.9 Å². The number of nitrogens with zero attached hydrogens (tertiary/aromatic N) is 1. The molecule has 8 heteroatoms. The van der Waals surface area contributed by atoms with Gasteiger partial charge in [-0.15, -0.1) is 0 Å². The van der Waals surface area contributed by atoms with Crippen LogP contribution >= 0.6 is 15.9 Å². The number of carbonyl (C=O) groups is 1. The van der Waals surface area contributed by atoms with E-state index in [0.717, 1.165) is 10.5 Å². The molecule has 0 aliphatic rings. The predicted octanol–water partition coefficient (Wildman–Crippen LogP) is 4.30. The predicted molar refractivity (Wildman–Crippen MR) is 73.6 cm³/mol. The molecule has 2 aromatic rings. The minimum atomic E-state index is -4.65. The van der Waals surface area contributed by atoms with Gasteiger partial charge in [0.05, 0.1) is 0 Å². The van der Waals surface area contributed by atoms with Crippen molar-refractivity contribution in [2.24, 2.45) is 0 Å². The molecule has 1 aromatic heterocycles. The lowest BCUT2D eigenvalue weighted by atomic mass is 10.2. The molecule has 4 nitrogen and oxygen atoms in total. The van der Waals surface area contributed by atoms with Crippen LogP contribution in [0.5, 0.6) is 0 Å². The average molecular weight is 361 g/mol. The van der Waals surface area contributed by atoms with Gasteiger partial charge < -0.3 is 10.4 Å². The Bertz CT molecular complexity index is 672. The summed E-state index contributed by atoms with van der Waals surface area (Å²) in [5.74, 6) is -1.73. The molecule has 0 spiro atoms. The summed E-state index contributed by atoms with van der Waals surface area (Å²) in [5.41, 5.74) is -1.08. The number of hydrogen-bond donors (Lipinski definition) is 2. The van der Waals surface area contributed by atoms with E-state index in [1.807, 2.05) is 0 Å². The summed E-state index contributed by atoms with van der Waals surface area (Å²) < 4.78 is 38.7. The molecule has 0 fully saturated rings. The molecule has 0 saturated carbocycles. The van der Waals surface area contributed by atoms with Gasteiger partial charge in [0.1, 0.15) is 17.1 Å². The standard InChI is InChI=1S/C13H8BrF3N2O2/c14-7-1-3-8(4-2-7)18-11-9(12(20)21)5-6-10(19-11)13(15,16)17/h1-6H,(H,18,19)(H,20,21). The van der Waals surface area contributed by atoms with Crippen molar-refractivity contribution in [1.82, 2.24) is 4.98 Å². The molecule has 2 rings (SSSR count). The zero-order chi connectivity index (χ0) is 15.6. The first-order chi connectivity index (χ1) is 9.77. The fraction of sp³-hybridized carbons (Fsp3) is 0.0769. The molecule has 0 aliphatic heterocycles. The molecule has 0 bridgehead atoms. The largest absolute Gasteiger partial charge is 0.478 e. The Morgan fingerprint density at radius 3 is 2.29 bits per heavy atom. The number of benzene rings is 1. The summed E-state index contributed by atoms with van der Waals surface area (Å²) in [6.45, 7) is 0. The number of carboxylic acid groups (broad SMARTS) is 1. The van der Waals surface area contributed by atoms with Crippen molar-refractivity contribution in [3.05, 3.63) is 52.1 Å². The van der Waals surface area contributed by atoms with E-state index in [1.54, 1.807) is 24.3 Å². The van der Waals surface area contributed by atoms with E-state index in [4.69, 9.17) is 5.11 Å². The molecule has 0 saturated heterocycles. The normalized spacial score (nSPS) is 11.2. The molecule has 0 unspecified atom stereocenters. The second kappa shape index (κ2) is 5.72. The molecule has 0 aliphatic carbocycles. The van der Waals surface area contributed by atoms with Gasteiger partial charge in [-0.2, -0.15) is 13.2 Å². The highest BCUT2D eigenvalue weighted by molar-refractivity contribution is 9.10. The van der Waals surface area contributed by atoms with E-state index in [-0.39, 0.29) is 11.4 Å². The molecule has 1 heterocycles. The number of carboxylic acids is 1. The lowest BCUT2D eigenvalue weighted by Gasteiger charge is -2.12. The van der Waals surface area contributed by atoms with Crippen LogP contribution in [0.25, 0.3) is 0 Å². The Balaban J connectivity index is 2.43. The maximum Gasteiger partial charge on any atom is 0.433 e. The van der Waals surface area contributed by atoms with Crippen LogP contribution in [-0.4, -0.2) is 16.1 Å². The first-order valence-electron chi connectivity index (χ1n) is 5.61. The van der Waals surface area contributed by atoms with Gasteiger partial charge >= 0.3 is 12.1 Å². The third-order valence-electron chi connectivity index (χ3n) is 2.52. The van der Waals surface area contributed by atoms with E-state index in [2.05, 4.69) is 26.2 Å². The van der Waals surface area contributed by atoms with Crippen LogP contribution in [-0.2, 0) is 6.18 Å². The summed E-state index contributed by atoms with van der Waals surface area (Å²) in [7, 11) is 0. The Hall–Kier alpha value is -2.09. The zero-order valence-electron chi connectivity index (χ0n) is 10.3. The van der Waals surface area contributed by atoms with Crippen molar-refractivity contribution < 1.29 is 23.1 Å². The minimum absolute atomic E-state index is 0.342. The van der Waals surface area contributed by atoms with E-state index in [1.165, 1.54) is 0 Å². The lowest BCUT2D eigenvalue weighted by molar-refractivity contribution is -0.141. The lowest BCUT2D eigenvalue weighted by Crippen LogP contribution is -2.12. The zero-order valence-corrected chi connectivity index (χ0v) is 11.9. The first kappa shape index (κ1) is 15.3. The maximum absolute atomic E-state index is 12.6. The van der Waals surface area contributed by atoms with Gasteiger partial charge in [0.25, 0.3) is 0 Å². The van der Waals surface area contributed by atoms with Gasteiger partial charge in [0, 0.05) is 10.2 Å². The van der Waals surface area contributed by atoms with Crippen molar-refractivity contribution >= 4 is 33.4 Å². The molecule has 0 amide bonds. The summed E-state index contributed by atoms with van der Waals surface area (Å²) in [6, 6.07) is 8.00. The van der Waals surface area contributed by atoms with Gasteiger partial charge in [-0.3, -0.25) is 0 Å². The highest BCUT2D eigenvalue weighted by atomic mass is 79.9. The number of halogens is 4. The van der Waals surface area contributed by atoms with Crippen molar-refractivity contribution in [2.75, 3.05) is 5.32 Å². The number of rotatable bonds is 3. The van der Waals surface area contributed by atoms with Crippen molar-refractivity contribution in [3.63, 3.8) is 0 Å². The number of aromatic carboxylic acids is 1. The minimum Gasteiger partial charge on any atom is -0.478 e. The molecule has 0 atom stereocenters. The van der Waals surface area contributed by atoms with Crippen LogP contribution in [0.4, 0.5) is 24.7 Å². The van der Waals surface area contributed by atoms with E-state index in [0.29, 0.717) is 11.8 Å². The smallest absolute Gasteiger partial charge is 0.433 e. The number of aromatic nitrogens is 1. The summed E-state index contributed by atoms with van der Waals surface area (Å²) >= 11 is 3.22. The van der Waals surface area contributed by atoms with Crippen LogP contribution in [0.3, 0.4) is 0 Å². The number of nitrogens with one attached hydrogen (secondary N) is 1. The van der Waals surface area contributed by atoms with Crippen molar-refractivity contribution in [1.29, 1.82) is 0 Å². The number of hydrogen-bond acceptors (Lipinski definition) is 3. The molecule has 1 aromatic carbocycles. The Kier molecular flexibility index (Phi) is 4.17. The fourth-order valence-corrected chi connectivity index (χ4v) is 1.82. The van der Waals surface area contributed by atoms with Gasteiger partial charge in [0.15, 0.2) is 0 Å². The third-order valence-corrected chi connectivity index (χ3v) is 3.05.